The van der Waals surface area contributed by atoms with Crippen molar-refractivity contribution < 1.29 is 18.0 Å². The maximum atomic E-state index is 12.3. The summed E-state index contributed by atoms with van der Waals surface area (Å²) in [6.07, 6.45) is -3.98. The smallest absolute Gasteiger partial charge is 0.282 e. The highest BCUT2D eigenvalue weighted by Gasteiger charge is 2.41. The molecule has 0 amide bonds. The van der Waals surface area contributed by atoms with E-state index < -0.39 is 17.7 Å². The van der Waals surface area contributed by atoms with Crippen LogP contribution in [0.1, 0.15) is 21.6 Å². The fraction of sp³-hybridized carbons (Fsp3) is 0.250. The summed E-state index contributed by atoms with van der Waals surface area (Å²) >= 11 is 3.39. The predicted octanol–water partition coefficient (Wildman–Crippen LogP) is 3.39. The molecule has 0 N–H and O–H groups in total. The van der Waals surface area contributed by atoms with E-state index in [4.69, 9.17) is 0 Å². The molecule has 0 fully saturated rings. The van der Waals surface area contributed by atoms with Gasteiger partial charge in [-0.1, -0.05) is 21.1 Å². The van der Waals surface area contributed by atoms with Crippen molar-refractivity contribution in [3.63, 3.8) is 0 Å². The minimum Gasteiger partial charge on any atom is -0.282 e. The normalized spacial score (nSPS) is 11.7. The van der Waals surface area contributed by atoms with Crippen LogP contribution < -0.4 is 0 Å². The van der Waals surface area contributed by atoms with Crippen molar-refractivity contribution in [3.05, 3.63) is 39.6 Å². The van der Waals surface area contributed by atoms with Gasteiger partial charge in [0, 0.05) is 4.47 Å². The molecule has 1 aromatic heterocycles. The summed E-state index contributed by atoms with van der Waals surface area (Å²) < 4.78 is 38.9. The van der Waals surface area contributed by atoms with E-state index in [1.165, 1.54) is 0 Å². The van der Waals surface area contributed by atoms with Crippen molar-refractivity contribution in [1.82, 2.24) is 15.0 Å². The third-order valence-electron chi connectivity index (χ3n) is 2.67. The molecule has 0 saturated heterocycles. The number of rotatable bonds is 2. The molecule has 4 nitrogen and oxygen atoms in total. The van der Waals surface area contributed by atoms with Crippen molar-refractivity contribution in [2.75, 3.05) is 0 Å². The molecule has 0 spiro atoms. The zero-order valence-electron chi connectivity index (χ0n) is 10.5. The van der Waals surface area contributed by atoms with E-state index in [0.717, 1.165) is 26.5 Å². The van der Waals surface area contributed by atoms with Crippen molar-refractivity contribution >= 4 is 21.7 Å². The number of alkyl halides is 3. The molecule has 0 atom stereocenters. The van der Waals surface area contributed by atoms with Crippen molar-refractivity contribution in [2.45, 2.75) is 20.0 Å². The number of aromatic nitrogens is 3. The van der Waals surface area contributed by atoms with Crippen LogP contribution in [0.25, 0.3) is 5.69 Å². The van der Waals surface area contributed by atoms with Gasteiger partial charge in [-0.15, -0.1) is 5.10 Å². The molecule has 2 rings (SSSR count). The molecule has 0 saturated carbocycles. The summed E-state index contributed by atoms with van der Waals surface area (Å²) in [6, 6.07) is 3.46. The molecule has 106 valence electrons. The number of hydrogen-bond acceptors (Lipinski definition) is 3. The fourth-order valence-electron chi connectivity index (χ4n) is 1.69. The Morgan fingerprint density at radius 1 is 1.25 bits per heavy atom. The lowest BCUT2D eigenvalue weighted by molar-refractivity contribution is -0.0888. The van der Waals surface area contributed by atoms with Crippen molar-refractivity contribution in [3.8, 4) is 5.69 Å². The maximum absolute atomic E-state index is 12.3. The molecule has 2 aromatic rings. The topological polar surface area (TPSA) is 47.8 Å². The van der Waals surface area contributed by atoms with E-state index in [1.54, 1.807) is 12.1 Å². The first-order chi connectivity index (χ1) is 9.20. The fourth-order valence-corrected chi connectivity index (χ4v) is 1.92. The van der Waals surface area contributed by atoms with Crippen LogP contribution in [-0.4, -0.2) is 27.0 Å². The summed E-state index contributed by atoms with van der Waals surface area (Å²) in [5, 5.41) is 6.84. The summed E-state index contributed by atoms with van der Waals surface area (Å²) in [7, 11) is 0. The number of halogens is 4. The lowest BCUT2D eigenvalue weighted by Crippen LogP contribution is -2.23. The molecule has 0 radical (unpaired) electrons. The van der Waals surface area contributed by atoms with E-state index in [-0.39, 0.29) is 0 Å². The van der Waals surface area contributed by atoms with Gasteiger partial charge in [-0.2, -0.15) is 13.2 Å². The molecule has 0 unspecified atom stereocenters. The lowest BCUT2D eigenvalue weighted by Gasteiger charge is -2.07. The first kappa shape index (κ1) is 14.7. The number of carbonyl (C=O) groups is 1. The number of hydrogen-bond donors (Lipinski definition) is 0. The Labute approximate surface area is 120 Å². The minimum absolute atomic E-state index is 0.539. The van der Waals surface area contributed by atoms with Crippen LogP contribution in [0.2, 0.25) is 0 Å². The van der Waals surface area contributed by atoms with Crippen LogP contribution in [0, 0.1) is 13.8 Å². The Bertz CT molecular complexity index is 656. The van der Waals surface area contributed by atoms with Gasteiger partial charge in [0.15, 0.2) is 5.69 Å². The number of Topliss-reactive ketones (excluding diaryl/α,β-unsaturated/α-hetero) is 1. The van der Waals surface area contributed by atoms with Gasteiger partial charge in [-0.05, 0) is 37.1 Å². The Morgan fingerprint density at radius 2 is 1.80 bits per heavy atom. The summed E-state index contributed by atoms with van der Waals surface area (Å²) in [6.45, 7) is 3.69. The molecule has 1 aromatic carbocycles. The molecule has 0 aliphatic heterocycles. The highest BCUT2D eigenvalue weighted by molar-refractivity contribution is 9.10. The van der Waals surface area contributed by atoms with E-state index in [2.05, 4.69) is 26.2 Å². The second-order valence-electron chi connectivity index (χ2n) is 4.27. The molecular formula is C12H9BrF3N3O. The van der Waals surface area contributed by atoms with E-state index >= 15 is 0 Å². The van der Waals surface area contributed by atoms with Gasteiger partial charge in [0.2, 0.25) is 0 Å². The monoisotopic (exact) mass is 347 g/mol. The van der Waals surface area contributed by atoms with E-state index in [9.17, 15) is 18.0 Å². The van der Waals surface area contributed by atoms with Gasteiger partial charge in [0.05, 0.1) is 11.9 Å². The zero-order valence-corrected chi connectivity index (χ0v) is 12.1. The first-order valence-electron chi connectivity index (χ1n) is 5.51. The van der Waals surface area contributed by atoms with Gasteiger partial charge in [0.25, 0.3) is 5.78 Å². The van der Waals surface area contributed by atoms with Gasteiger partial charge < -0.3 is 0 Å². The molecule has 0 bridgehead atoms. The largest absolute Gasteiger partial charge is 0.456 e. The third-order valence-corrected chi connectivity index (χ3v) is 3.92. The Kier molecular flexibility index (Phi) is 3.68. The number of carbonyl (C=O) groups excluding carboxylic acids is 1. The van der Waals surface area contributed by atoms with Crippen LogP contribution in [0.5, 0.6) is 0 Å². The lowest BCUT2D eigenvalue weighted by atomic mass is 10.1. The van der Waals surface area contributed by atoms with Gasteiger partial charge >= 0.3 is 6.18 Å². The molecule has 1 heterocycles. The molecule has 0 aliphatic carbocycles. The molecular weight excluding hydrogens is 339 g/mol. The summed E-state index contributed by atoms with van der Waals surface area (Å²) in [5.41, 5.74) is 1.62. The van der Waals surface area contributed by atoms with Crippen LogP contribution in [0.4, 0.5) is 13.2 Å². The standard InChI is InChI=1S/C12H9BrF3N3O/c1-6-3-8(4-7(2)10(6)13)19-5-9(17-18-19)11(20)12(14,15)16/h3-5H,1-2H3. The molecule has 20 heavy (non-hydrogen) atoms. The summed E-state index contributed by atoms with van der Waals surface area (Å²) in [4.78, 5) is 11.1. The van der Waals surface area contributed by atoms with E-state index in [1.807, 2.05) is 13.8 Å². The second kappa shape index (κ2) is 5.01. The zero-order chi connectivity index (χ0) is 15.1. The number of aryl methyl sites for hydroxylation is 2. The van der Waals surface area contributed by atoms with Crippen LogP contribution >= 0.6 is 15.9 Å². The summed E-state index contributed by atoms with van der Waals surface area (Å²) in [5.74, 6) is -2.01. The Hall–Kier alpha value is -1.70. The van der Waals surface area contributed by atoms with Gasteiger partial charge in [0.1, 0.15) is 0 Å². The van der Waals surface area contributed by atoms with Gasteiger partial charge in [-0.25, -0.2) is 4.68 Å². The van der Waals surface area contributed by atoms with Crippen molar-refractivity contribution in [2.24, 2.45) is 0 Å². The number of ketones is 1. The molecule has 8 heteroatoms. The average Bonchev–Trinajstić information content (AvgIpc) is 2.82. The average molecular weight is 348 g/mol. The molecule has 0 aliphatic rings. The van der Waals surface area contributed by atoms with E-state index in [0.29, 0.717) is 5.69 Å². The van der Waals surface area contributed by atoms with Crippen LogP contribution in [-0.2, 0) is 0 Å². The number of benzene rings is 1. The van der Waals surface area contributed by atoms with Crippen LogP contribution in [0.3, 0.4) is 0 Å². The quantitative estimate of drug-likeness (QED) is 0.782. The highest BCUT2D eigenvalue weighted by Crippen LogP contribution is 2.25. The highest BCUT2D eigenvalue weighted by atomic mass is 79.9. The maximum Gasteiger partial charge on any atom is 0.456 e. The minimum atomic E-state index is -4.95. The van der Waals surface area contributed by atoms with Gasteiger partial charge in [-0.3, -0.25) is 4.79 Å². The SMILES string of the molecule is Cc1cc(-n2cc(C(=O)C(F)(F)F)nn2)cc(C)c1Br. The Balaban J connectivity index is 2.42. The second-order valence-corrected chi connectivity index (χ2v) is 5.06. The predicted molar refractivity (Wildman–Crippen MR) is 68.9 cm³/mol. The van der Waals surface area contributed by atoms with Crippen molar-refractivity contribution in [1.29, 1.82) is 0 Å². The Morgan fingerprint density at radius 3 is 2.30 bits per heavy atom. The first-order valence-corrected chi connectivity index (χ1v) is 6.30. The number of nitrogens with zero attached hydrogens (tertiary/aromatic N) is 3. The third kappa shape index (κ3) is 2.74. The van der Waals surface area contributed by atoms with Crippen LogP contribution in [0.15, 0.2) is 22.8 Å².